The molecule has 0 saturated heterocycles. The summed E-state index contributed by atoms with van der Waals surface area (Å²) in [6, 6.07) is 9.33. The zero-order valence-corrected chi connectivity index (χ0v) is 15.0. The summed E-state index contributed by atoms with van der Waals surface area (Å²) in [6.45, 7) is 0. The van der Waals surface area contributed by atoms with Crippen molar-refractivity contribution in [2.45, 2.75) is 12.3 Å². The van der Waals surface area contributed by atoms with Crippen molar-refractivity contribution in [3.8, 4) is 5.75 Å². The number of nitrogens with zero attached hydrogens (tertiary/aromatic N) is 3. The molecule has 1 aromatic carbocycles. The zero-order valence-electron chi connectivity index (χ0n) is 13.9. The van der Waals surface area contributed by atoms with Gasteiger partial charge in [-0.15, -0.1) is 0 Å². The van der Waals surface area contributed by atoms with Gasteiger partial charge in [0.15, 0.2) is 0 Å². The van der Waals surface area contributed by atoms with Crippen molar-refractivity contribution in [3.63, 3.8) is 0 Å². The van der Waals surface area contributed by atoms with Gasteiger partial charge < -0.3 is 9.84 Å². The largest absolute Gasteiger partial charge is 2.00 e. The Balaban J connectivity index is 0.000000351. The first-order valence-corrected chi connectivity index (χ1v) is 7.97. The number of rotatable bonds is 5. The normalized spacial score (nSPS) is 19.1. The van der Waals surface area contributed by atoms with Crippen molar-refractivity contribution in [2.75, 3.05) is 0 Å². The van der Waals surface area contributed by atoms with E-state index in [1.165, 1.54) is 17.3 Å². The third-order valence-electron chi connectivity index (χ3n) is 3.55. The van der Waals surface area contributed by atoms with Crippen LogP contribution in [0.15, 0.2) is 43.0 Å². The minimum Gasteiger partial charge on any atom is -0.466 e. The second-order valence-electron chi connectivity index (χ2n) is 5.32. The van der Waals surface area contributed by atoms with Crippen LogP contribution in [0.25, 0.3) is 0 Å². The first kappa shape index (κ1) is 20.9. The number of hydrogen-bond acceptors (Lipinski definition) is 4. The van der Waals surface area contributed by atoms with Crippen LogP contribution in [0.5, 0.6) is 5.75 Å². The molecule has 2 fully saturated rings. The van der Waals surface area contributed by atoms with E-state index in [-0.39, 0.29) is 17.1 Å². The summed E-state index contributed by atoms with van der Waals surface area (Å²) in [5.41, 5.74) is 0. The Morgan fingerprint density at radius 1 is 0.885 bits per heavy atom. The van der Waals surface area contributed by atoms with Gasteiger partial charge in [-0.3, -0.25) is 0 Å². The van der Waals surface area contributed by atoms with Crippen molar-refractivity contribution in [1.29, 1.82) is 0 Å². The van der Waals surface area contributed by atoms with Crippen molar-refractivity contribution < 1.29 is 26.9 Å². The van der Waals surface area contributed by atoms with E-state index in [2.05, 4.69) is 10.1 Å². The Hall–Kier alpha value is -1.36. The molecular formula is C20H19FeN3O2+2. The van der Waals surface area contributed by atoms with Crippen molar-refractivity contribution in [1.82, 2.24) is 14.8 Å². The molecule has 2 aliphatic carbocycles. The van der Waals surface area contributed by atoms with E-state index < -0.39 is 12.3 Å². The van der Waals surface area contributed by atoms with Gasteiger partial charge >= 0.3 is 17.1 Å². The molecule has 1 aromatic heterocycles. The van der Waals surface area contributed by atoms with Crippen LogP contribution >= 0.6 is 0 Å². The van der Waals surface area contributed by atoms with Crippen LogP contribution in [0.1, 0.15) is 6.23 Å². The smallest absolute Gasteiger partial charge is 0.466 e. The molecule has 2 saturated carbocycles. The molecular weight excluding hydrogens is 370 g/mol. The van der Waals surface area contributed by atoms with E-state index >= 15 is 0 Å². The average Bonchev–Trinajstić information content (AvgIpc) is 3.44. The summed E-state index contributed by atoms with van der Waals surface area (Å²) in [4.78, 5) is 3.91. The topological polar surface area (TPSA) is 60.2 Å². The molecule has 2 aromatic rings. The molecule has 26 heavy (non-hydrogen) atoms. The molecule has 0 bridgehead atoms. The Morgan fingerprint density at radius 2 is 1.50 bits per heavy atom. The zero-order chi connectivity index (χ0) is 17.3. The van der Waals surface area contributed by atoms with Crippen LogP contribution in [-0.2, 0) is 17.1 Å². The fourth-order valence-electron chi connectivity index (χ4n) is 2.32. The predicted molar refractivity (Wildman–Crippen MR) is 94.1 cm³/mol. The molecule has 0 spiro atoms. The predicted octanol–water partition coefficient (Wildman–Crippen LogP) is 2.64. The van der Waals surface area contributed by atoms with Crippen molar-refractivity contribution in [2.24, 2.45) is 0 Å². The van der Waals surface area contributed by atoms with E-state index in [0.29, 0.717) is 5.75 Å². The molecule has 0 amide bonds. The summed E-state index contributed by atoms with van der Waals surface area (Å²) in [5, 5.41) is 14.6. The summed E-state index contributed by atoms with van der Waals surface area (Å²) < 4.78 is 7.36. The monoisotopic (exact) mass is 389 g/mol. The van der Waals surface area contributed by atoms with Gasteiger partial charge in [-0.1, -0.05) is 18.2 Å². The van der Waals surface area contributed by atoms with E-state index in [1.54, 1.807) is 0 Å². The number of aromatic nitrogens is 3. The molecule has 5 nitrogen and oxygen atoms in total. The first-order valence-electron chi connectivity index (χ1n) is 7.97. The quantitative estimate of drug-likeness (QED) is 0.799. The number of hydrogen-bond donors (Lipinski definition) is 1. The van der Waals surface area contributed by atoms with Gasteiger partial charge in [-0.25, -0.2) is 9.67 Å². The second kappa shape index (κ2) is 11.4. The Morgan fingerprint density at radius 3 is 2.04 bits per heavy atom. The van der Waals surface area contributed by atoms with Crippen LogP contribution in [-0.4, -0.2) is 26.0 Å². The minimum atomic E-state index is -0.827. The molecule has 4 rings (SSSR count). The number of aliphatic hydroxyl groups excluding tert-OH is 1. The van der Waals surface area contributed by atoms with Crippen LogP contribution in [0, 0.1) is 63.7 Å². The third kappa shape index (κ3) is 6.11. The van der Waals surface area contributed by atoms with E-state index in [9.17, 15) is 5.11 Å². The Kier molecular flexibility index (Phi) is 9.16. The molecule has 1 N–H and O–H groups in total. The first-order chi connectivity index (χ1) is 12.3. The molecule has 2 aliphatic rings. The standard InChI is InChI=1S/C15H14N3O2.C5H5.Fe/c19-14(12-6-4-5-7-12)15(18-11-16-10-17-18)20-13-8-2-1-3-9-13;1-2-4-5-3-1;/h1-11,14-15,19H;1-5H;/q;;+2. The molecule has 1 heterocycles. The van der Waals surface area contributed by atoms with Crippen molar-refractivity contribution in [3.05, 3.63) is 107 Å². The van der Waals surface area contributed by atoms with Gasteiger partial charge in [0.1, 0.15) is 24.5 Å². The van der Waals surface area contributed by atoms with E-state index in [0.717, 1.165) is 5.92 Å². The number of aliphatic hydroxyl groups is 1. The third-order valence-corrected chi connectivity index (χ3v) is 3.55. The van der Waals surface area contributed by atoms with Gasteiger partial charge in [0.2, 0.25) is 6.23 Å². The van der Waals surface area contributed by atoms with Gasteiger partial charge in [0, 0.05) is 5.92 Å². The summed E-state index contributed by atoms with van der Waals surface area (Å²) in [5.74, 6) is 1.44. The molecule has 132 valence electrons. The van der Waals surface area contributed by atoms with Gasteiger partial charge in [0.25, 0.3) is 0 Å². The number of para-hydroxylation sites is 1. The summed E-state index contributed by atoms with van der Waals surface area (Å²) in [7, 11) is 0. The molecule has 10 radical (unpaired) electrons. The second-order valence-corrected chi connectivity index (χ2v) is 5.32. The fraction of sp³-hybridized carbons (Fsp3) is 0.100. The maximum atomic E-state index is 10.5. The van der Waals surface area contributed by atoms with E-state index in [4.69, 9.17) is 4.74 Å². The molecule has 2 unspecified atom stereocenters. The number of ether oxygens (including phenoxy) is 1. The van der Waals surface area contributed by atoms with E-state index in [1.807, 2.05) is 88.1 Å². The molecule has 0 aliphatic heterocycles. The molecule has 2 atom stereocenters. The number of benzene rings is 1. The Bertz CT molecular complexity index is 577. The van der Waals surface area contributed by atoms with Crippen LogP contribution < -0.4 is 4.74 Å². The van der Waals surface area contributed by atoms with Crippen LogP contribution in [0.2, 0.25) is 0 Å². The summed E-state index contributed by atoms with van der Waals surface area (Å²) in [6.07, 6.45) is 18.9. The van der Waals surface area contributed by atoms with Gasteiger partial charge in [-0.05, 0) is 69.9 Å². The van der Waals surface area contributed by atoms with Crippen LogP contribution in [0.4, 0.5) is 0 Å². The summed E-state index contributed by atoms with van der Waals surface area (Å²) >= 11 is 0. The van der Waals surface area contributed by atoms with Crippen LogP contribution in [0.3, 0.4) is 0 Å². The maximum Gasteiger partial charge on any atom is 2.00 e. The van der Waals surface area contributed by atoms with Crippen molar-refractivity contribution >= 4 is 0 Å². The average molecular weight is 389 g/mol. The Labute approximate surface area is 166 Å². The van der Waals surface area contributed by atoms with Gasteiger partial charge in [0.05, 0.1) is 0 Å². The SMILES string of the molecule is OC([C]1[CH][CH][CH][CH]1)C(Oc1ccccc1)n1cncn1.[CH]1[CH][CH][CH][CH]1.[Fe+2]. The maximum absolute atomic E-state index is 10.5. The van der Waals surface area contributed by atoms with Gasteiger partial charge in [-0.2, -0.15) is 5.10 Å². The minimum absolute atomic E-state index is 0. The fourth-order valence-corrected chi connectivity index (χ4v) is 2.32. The molecule has 6 heteroatoms.